The lowest BCUT2D eigenvalue weighted by atomic mass is 10.1. The first-order valence-electron chi connectivity index (χ1n) is 13.1. The molecule has 5 rings (SSSR count). The van der Waals surface area contributed by atoms with Crippen molar-refractivity contribution in [2.45, 2.75) is 22.9 Å². The third-order valence-electron chi connectivity index (χ3n) is 6.69. The Morgan fingerprint density at radius 3 is 2.27 bits per heavy atom. The Hall–Kier alpha value is -4.80. The monoisotopic (exact) mass is 693 g/mol. The Morgan fingerprint density at radius 1 is 1.00 bits per heavy atom. The van der Waals surface area contributed by atoms with E-state index in [9.17, 15) is 37.6 Å². The highest BCUT2D eigenvalue weighted by molar-refractivity contribution is 9.10. The number of carbonyl (C=O) groups excluding carboxylic acids is 4. The first-order chi connectivity index (χ1) is 21.5. The molecule has 4 aromatic rings. The minimum Gasteiger partial charge on any atom is -0.454 e. The summed E-state index contributed by atoms with van der Waals surface area (Å²) in [5.74, 6) is -2.55. The van der Waals surface area contributed by atoms with Crippen molar-refractivity contribution in [1.29, 1.82) is 5.26 Å². The molecular formula is C32H19BrF3N3O5S. The highest BCUT2D eigenvalue weighted by Crippen LogP contribution is 2.41. The average molecular weight is 694 g/mol. The van der Waals surface area contributed by atoms with Gasteiger partial charge in [-0.05, 0) is 42.5 Å². The number of anilines is 1. The Balaban J connectivity index is 1.32. The molecule has 226 valence electrons. The van der Waals surface area contributed by atoms with Crippen molar-refractivity contribution >= 4 is 56.9 Å². The fourth-order valence-electron chi connectivity index (χ4n) is 4.48. The molecule has 0 aliphatic carbocycles. The smallest absolute Gasteiger partial charge is 0.417 e. The van der Waals surface area contributed by atoms with Gasteiger partial charge in [0, 0.05) is 22.0 Å². The van der Waals surface area contributed by atoms with Crippen LogP contribution in [0, 0.1) is 11.3 Å². The van der Waals surface area contributed by atoms with Crippen LogP contribution in [0.4, 0.5) is 18.9 Å². The van der Waals surface area contributed by atoms with E-state index < -0.39 is 52.7 Å². The molecule has 2 amide bonds. The second-order valence-electron chi connectivity index (χ2n) is 9.64. The number of nitriles is 1. The summed E-state index contributed by atoms with van der Waals surface area (Å²) < 4.78 is 47.7. The molecule has 1 unspecified atom stereocenters. The number of aromatic nitrogens is 1. The molecule has 13 heteroatoms. The Kier molecular flexibility index (Phi) is 9.17. The predicted octanol–water partition coefficient (Wildman–Crippen LogP) is 6.87. The van der Waals surface area contributed by atoms with Crippen LogP contribution < -0.4 is 4.90 Å². The zero-order valence-corrected chi connectivity index (χ0v) is 25.3. The van der Waals surface area contributed by atoms with Gasteiger partial charge in [0.1, 0.15) is 11.1 Å². The number of carbonyl (C=O) groups is 4. The number of nitrogens with zero attached hydrogens (tertiary/aromatic N) is 3. The van der Waals surface area contributed by atoms with E-state index in [1.165, 1.54) is 24.3 Å². The summed E-state index contributed by atoms with van der Waals surface area (Å²) in [6, 6.07) is 22.2. The average Bonchev–Trinajstić information content (AvgIpc) is 3.31. The zero-order valence-electron chi connectivity index (χ0n) is 22.9. The van der Waals surface area contributed by atoms with Crippen LogP contribution in [-0.2, 0) is 20.5 Å². The maximum atomic E-state index is 13.9. The highest BCUT2D eigenvalue weighted by Gasteiger charge is 2.42. The van der Waals surface area contributed by atoms with Gasteiger partial charge in [0.2, 0.25) is 11.8 Å². The summed E-state index contributed by atoms with van der Waals surface area (Å²) in [4.78, 5) is 56.2. The predicted molar refractivity (Wildman–Crippen MR) is 161 cm³/mol. The Labute approximate surface area is 267 Å². The van der Waals surface area contributed by atoms with E-state index in [4.69, 9.17) is 4.74 Å². The fourth-order valence-corrected chi connectivity index (χ4v) is 5.87. The van der Waals surface area contributed by atoms with E-state index in [0.29, 0.717) is 22.9 Å². The SMILES string of the molecule is N#Cc1c(C(F)(F)F)cc(-c2ccccc2)nc1SC1CC(=O)N(c2ccc(C(=O)OCC(=O)c3ccc(Br)cc3)cc2)C1=O. The number of hydrogen-bond donors (Lipinski definition) is 0. The highest BCUT2D eigenvalue weighted by atomic mass is 79.9. The van der Waals surface area contributed by atoms with Gasteiger partial charge in [-0.1, -0.05) is 70.2 Å². The second-order valence-corrected chi connectivity index (χ2v) is 11.7. The second kappa shape index (κ2) is 13.1. The molecule has 0 saturated carbocycles. The molecule has 1 fully saturated rings. The lowest BCUT2D eigenvalue weighted by Gasteiger charge is -2.17. The molecule has 0 N–H and O–H groups in total. The number of halogens is 4. The molecule has 0 radical (unpaired) electrons. The molecule has 1 atom stereocenters. The van der Waals surface area contributed by atoms with Gasteiger partial charge in [-0.3, -0.25) is 14.4 Å². The number of thioether (sulfide) groups is 1. The van der Waals surface area contributed by atoms with Gasteiger partial charge in [0.25, 0.3) is 0 Å². The van der Waals surface area contributed by atoms with Crippen LogP contribution in [0.3, 0.4) is 0 Å². The van der Waals surface area contributed by atoms with Crippen molar-refractivity contribution < 1.29 is 37.1 Å². The van der Waals surface area contributed by atoms with Crippen molar-refractivity contribution in [2.24, 2.45) is 0 Å². The van der Waals surface area contributed by atoms with Gasteiger partial charge < -0.3 is 4.74 Å². The molecule has 2 heterocycles. The molecule has 1 saturated heterocycles. The summed E-state index contributed by atoms with van der Waals surface area (Å²) >= 11 is 3.89. The molecule has 0 spiro atoms. The summed E-state index contributed by atoms with van der Waals surface area (Å²) in [6.07, 6.45) is -5.22. The van der Waals surface area contributed by atoms with Crippen LogP contribution in [0.5, 0.6) is 0 Å². The van der Waals surface area contributed by atoms with Crippen molar-refractivity contribution in [3.05, 3.63) is 112 Å². The zero-order chi connectivity index (χ0) is 32.3. The molecular weight excluding hydrogens is 675 g/mol. The molecule has 1 aromatic heterocycles. The number of pyridine rings is 1. The van der Waals surface area contributed by atoms with E-state index >= 15 is 0 Å². The number of ketones is 1. The van der Waals surface area contributed by atoms with E-state index in [1.54, 1.807) is 60.7 Å². The summed E-state index contributed by atoms with van der Waals surface area (Å²) in [5.41, 5.74) is -1.06. The van der Waals surface area contributed by atoms with Crippen molar-refractivity contribution in [3.63, 3.8) is 0 Å². The number of imide groups is 1. The number of Topliss-reactive ketones (excluding diaryl/α,β-unsaturated/α-hetero) is 1. The third kappa shape index (κ3) is 6.97. The van der Waals surface area contributed by atoms with Crippen molar-refractivity contribution in [2.75, 3.05) is 11.5 Å². The van der Waals surface area contributed by atoms with Crippen LogP contribution in [0.25, 0.3) is 11.3 Å². The van der Waals surface area contributed by atoms with Crippen molar-refractivity contribution in [1.82, 2.24) is 4.98 Å². The third-order valence-corrected chi connectivity index (χ3v) is 8.39. The minimum atomic E-state index is -4.87. The number of esters is 1. The molecule has 8 nitrogen and oxygen atoms in total. The fraction of sp³-hybridized carbons (Fsp3) is 0.125. The number of benzene rings is 3. The quantitative estimate of drug-likeness (QED) is 0.112. The number of ether oxygens (including phenoxy) is 1. The van der Waals surface area contributed by atoms with E-state index in [0.717, 1.165) is 15.4 Å². The Morgan fingerprint density at radius 2 is 1.64 bits per heavy atom. The molecule has 45 heavy (non-hydrogen) atoms. The minimum absolute atomic E-state index is 0.0425. The van der Waals surface area contributed by atoms with Gasteiger partial charge in [-0.15, -0.1) is 0 Å². The maximum Gasteiger partial charge on any atom is 0.417 e. The lowest BCUT2D eigenvalue weighted by Crippen LogP contribution is -2.31. The first kappa shape index (κ1) is 31.6. The molecule has 0 bridgehead atoms. The molecule has 3 aromatic carbocycles. The van der Waals surface area contributed by atoms with Crippen LogP contribution in [0.2, 0.25) is 0 Å². The summed E-state index contributed by atoms with van der Waals surface area (Å²) in [5, 5.41) is 8.15. The number of alkyl halides is 3. The van der Waals surface area contributed by atoms with Gasteiger partial charge >= 0.3 is 12.1 Å². The number of amides is 2. The van der Waals surface area contributed by atoms with Crippen LogP contribution in [0.1, 0.15) is 38.3 Å². The van der Waals surface area contributed by atoms with Gasteiger partial charge in [0.15, 0.2) is 12.4 Å². The van der Waals surface area contributed by atoms with Gasteiger partial charge in [-0.25, -0.2) is 14.7 Å². The van der Waals surface area contributed by atoms with E-state index in [-0.39, 0.29) is 28.4 Å². The summed E-state index contributed by atoms with van der Waals surface area (Å²) in [7, 11) is 0. The van der Waals surface area contributed by atoms with Crippen LogP contribution in [-0.4, -0.2) is 40.4 Å². The molecule has 1 aliphatic heterocycles. The van der Waals surface area contributed by atoms with E-state index in [1.807, 2.05) is 0 Å². The normalized spacial score (nSPS) is 14.7. The van der Waals surface area contributed by atoms with E-state index in [2.05, 4.69) is 20.9 Å². The summed E-state index contributed by atoms with van der Waals surface area (Å²) in [6.45, 7) is -0.496. The van der Waals surface area contributed by atoms with Gasteiger partial charge in [-0.2, -0.15) is 18.4 Å². The molecule has 1 aliphatic rings. The Bertz CT molecular complexity index is 1840. The first-order valence-corrected chi connectivity index (χ1v) is 14.8. The largest absolute Gasteiger partial charge is 0.454 e. The van der Waals surface area contributed by atoms with Crippen molar-refractivity contribution in [3.8, 4) is 17.3 Å². The number of rotatable bonds is 8. The number of hydrogen-bond acceptors (Lipinski definition) is 8. The van der Waals surface area contributed by atoms with Gasteiger partial charge in [0.05, 0.1) is 33.3 Å². The topological polar surface area (TPSA) is 117 Å². The maximum absolute atomic E-state index is 13.9. The van der Waals surface area contributed by atoms with Crippen LogP contribution in [0.15, 0.2) is 94.4 Å². The van der Waals surface area contributed by atoms with Crippen LogP contribution >= 0.6 is 27.7 Å². The standard InChI is InChI=1S/C32H19BrF3N3O5S/c33-21-10-6-19(7-11-21)26(40)17-44-31(43)20-8-12-22(13-9-20)39-28(41)15-27(30(39)42)45-29-23(16-37)24(32(34,35)36)14-25(38-29)18-4-2-1-3-5-18/h1-14,27H,15,17H2. The lowest BCUT2D eigenvalue weighted by molar-refractivity contribution is -0.138.